The van der Waals surface area contributed by atoms with Crippen LogP contribution in [0.5, 0.6) is 0 Å². The molecule has 0 spiro atoms. The summed E-state index contributed by atoms with van der Waals surface area (Å²) in [6.07, 6.45) is 30.3. The molecule has 0 nitrogen and oxygen atoms in total. The molecule has 10 rings (SSSR count). The number of hydrogen-bond acceptors (Lipinski definition) is 0. The molecule has 2 saturated carbocycles. The Balaban J connectivity index is 0.00000296. The summed E-state index contributed by atoms with van der Waals surface area (Å²) in [5.74, 6) is 0. The van der Waals surface area contributed by atoms with E-state index in [2.05, 4.69) is 163 Å². The van der Waals surface area contributed by atoms with Gasteiger partial charge in [-0.2, -0.15) is 0 Å². The zero-order chi connectivity index (χ0) is 44.0. The Morgan fingerprint density at radius 3 is 1.23 bits per heavy atom. The van der Waals surface area contributed by atoms with Crippen molar-refractivity contribution in [3.8, 4) is 22.3 Å². The summed E-state index contributed by atoms with van der Waals surface area (Å²) < 4.78 is 6.91. The first kappa shape index (κ1) is 49.4. The molecule has 2 unspecified atom stereocenters. The van der Waals surface area contributed by atoms with E-state index in [-0.39, 0.29) is 24.8 Å². The minimum absolute atomic E-state index is 0. The third-order valence-electron chi connectivity index (χ3n) is 17.4. The molecule has 0 aliphatic heterocycles. The van der Waals surface area contributed by atoms with Gasteiger partial charge in [-0.3, -0.25) is 0 Å². The number of fused-ring (bicyclic) bond motifs is 4. The van der Waals surface area contributed by atoms with E-state index in [0.717, 1.165) is 0 Å². The molecule has 2 fully saturated rings. The summed E-state index contributed by atoms with van der Waals surface area (Å²) in [5, 5.41) is 5.32. The first-order valence-electron chi connectivity index (χ1n) is 25.8. The van der Waals surface area contributed by atoms with Gasteiger partial charge in [0.05, 0.1) is 0 Å². The minimum Gasteiger partial charge on any atom is -0.147 e. The van der Waals surface area contributed by atoms with Crippen LogP contribution in [0.2, 0.25) is 9.26 Å². The third kappa shape index (κ3) is 9.38. The first-order valence-corrected chi connectivity index (χ1v) is 39.5. The fourth-order valence-electron chi connectivity index (χ4n) is 14.8. The van der Waals surface area contributed by atoms with Crippen LogP contribution in [0.4, 0.5) is 0 Å². The van der Waals surface area contributed by atoms with Crippen LogP contribution in [0.15, 0.2) is 132 Å². The second kappa shape index (κ2) is 20.2. The molecule has 0 amide bonds. The van der Waals surface area contributed by atoms with Gasteiger partial charge in [0, 0.05) is 0 Å². The Morgan fingerprint density at radius 2 is 0.848 bits per heavy atom. The summed E-state index contributed by atoms with van der Waals surface area (Å²) in [6.45, 7) is 7.53. The first-order chi connectivity index (χ1) is 31.1. The van der Waals surface area contributed by atoms with Crippen molar-refractivity contribution in [2.75, 3.05) is 0 Å². The van der Waals surface area contributed by atoms with Gasteiger partial charge in [-0.25, -0.2) is 0 Å². The molecule has 4 aliphatic rings. The molecule has 0 bridgehead atoms. The predicted octanol–water partition coefficient (Wildman–Crippen LogP) is 19.1. The van der Waals surface area contributed by atoms with Crippen LogP contribution in [0, 0.1) is 10.8 Å². The fraction of sp³-hybridized carbons (Fsp3) is 0.419. The zero-order valence-corrected chi connectivity index (χ0v) is 46.1. The van der Waals surface area contributed by atoms with Crippen molar-refractivity contribution in [1.29, 1.82) is 0 Å². The number of hydrogen-bond donors (Lipinski definition) is 0. The minimum atomic E-state index is -4.07. The van der Waals surface area contributed by atoms with E-state index in [0.29, 0.717) is 18.1 Å². The van der Waals surface area contributed by atoms with E-state index in [9.17, 15) is 0 Å². The van der Waals surface area contributed by atoms with Crippen molar-refractivity contribution in [3.05, 3.63) is 155 Å². The van der Waals surface area contributed by atoms with E-state index in [1.807, 2.05) is 0 Å². The fourth-order valence-corrected chi connectivity index (χ4v) is 34.5. The van der Waals surface area contributed by atoms with Gasteiger partial charge in [0.2, 0.25) is 0 Å². The van der Waals surface area contributed by atoms with Crippen molar-refractivity contribution in [3.63, 3.8) is 0 Å². The molecule has 6 aromatic rings. The molecule has 2 atom stereocenters. The molecule has 4 aliphatic carbocycles. The Bertz CT molecular complexity index is 2640. The summed E-state index contributed by atoms with van der Waals surface area (Å²) in [4.78, 5) is 0. The Hall–Kier alpha value is -3.00. The largest absolute Gasteiger partial charge is 0.147 e. The van der Waals surface area contributed by atoms with Crippen LogP contribution in [-0.4, -0.2) is 6.88 Å². The molecule has 0 heterocycles. The smallest absolute Gasteiger partial charge is 0.147 e. The average Bonchev–Trinajstić information content (AvgIpc) is 3.67. The van der Waals surface area contributed by atoms with Gasteiger partial charge >= 0.3 is 392 Å². The van der Waals surface area contributed by atoms with Gasteiger partial charge in [-0.1, -0.05) is 0 Å². The van der Waals surface area contributed by atoms with Crippen molar-refractivity contribution in [2.45, 2.75) is 146 Å². The Kier molecular flexibility index (Phi) is 15.1. The molecular formula is C62H76Cl2SiZr. The molecular weight excluding hydrogens is 935 g/mol. The predicted molar refractivity (Wildman–Crippen MR) is 294 cm³/mol. The van der Waals surface area contributed by atoms with Gasteiger partial charge in [-0.05, 0) is 0 Å². The van der Waals surface area contributed by atoms with Crippen LogP contribution < -0.4 is 0 Å². The van der Waals surface area contributed by atoms with Crippen LogP contribution in [0.3, 0.4) is 0 Å². The van der Waals surface area contributed by atoms with Crippen molar-refractivity contribution < 1.29 is 17.4 Å². The summed E-state index contributed by atoms with van der Waals surface area (Å²) in [7, 11) is 0. The van der Waals surface area contributed by atoms with Crippen molar-refractivity contribution in [2.24, 2.45) is 10.8 Å². The topological polar surface area (TPSA) is 0 Å². The Labute approximate surface area is 413 Å². The maximum Gasteiger partial charge on any atom is -0.147 e. The SMILES string of the molecule is CCCC1(CC2=Cc3c(-c4ccc5ccccc5c4)cccc3[CH]2[Zr]([CH3])([CH3])(=[SiH2])[CH]2C(CC3(CCC)CCCCCC3)=Cc3c(-c4ccc5ccccc5c4)cccc32)CCCCCC1.Cl.Cl. The molecule has 66 heavy (non-hydrogen) atoms. The number of rotatable bonds is 12. The van der Waals surface area contributed by atoms with Crippen LogP contribution in [0.25, 0.3) is 56.0 Å². The summed E-state index contributed by atoms with van der Waals surface area (Å²) in [5.41, 5.74) is 16.4. The van der Waals surface area contributed by atoms with E-state index >= 15 is 0 Å². The van der Waals surface area contributed by atoms with Gasteiger partial charge in [0.15, 0.2) is 0 Å². The van der Waals surface area contributed by atoms with Gasteiger partial charge in [0.1, 0.15) is 0 Å². The van der Waals surface area contributed by atoms with E-state index < -0.39 is 17.4 Å². The Morgan fingerprint density at radius 1 is 0.470 bits per heavy atom. The second-order valence-electron chi connectivity index (χ2n) is 22.7. The second-order valence-corrected chi connectivity index (χ2v) is 53.1. The van der Waals surface area contributed by atoms with Gasteiger partial charge in [0.25, 0.3) is 0 Å². The number of benzene rings is 6. The molecule has 346 valence electrons. The van der Waals surface area contributed by atoms with E-state index in [4.69, 9.17) is 0 Å². The van der Waals surface area contributed by atoms with Crippen LogP contribution in [0.1, 0.15) is 159 Å². The number of halogens is 2. The molecule has 0 aromatic heterocycles. The number of allylic oxidation sites excluding steroid dienone is 2. The van der Waals surface area contributed by atoms with Crippen LogP contribution in [-0.2, 0) is 17.4 Å². The van der Waals surface area contributed by atoms with Gasteiger partial charge < -0.3 is 0 Å². The molecule has 4 heteroatoms. The maximum absolute atomic E-state index is 4.07. The van der Waals surface area contributed by atoms with Crippen molar-refractivity contribution >= 4 is 65.4 Å². The zero-order valence-electron chi connectivity index (χ0n) is 40.6. The molecule has 0 radical (unpaired) electrons. The quantitative estimate of drug-likeness (QED) is 0.0847. The van der Waals surface area contributed by atoms with E-state index in [1.54, 1.807) is 22.3 Å². The summed E-state index contributed by atoms with van der Waals surface area (Å²) >= 11 is -4.07. The summed E-state index contributed by atoms with van der Waals surface area (Å²) in [6, 6.07) is 47.3. The molecule has 0 saturated heterocycles. The molecule has 6 aromatic carbocycles. The maximum atomic E-state index is 2.95. The normalized spacial score (nSPS) is 20.3. The van der Waals surface area contributed by atoms with Crippen molar-refractivity contribution in [1.82, 2.24) is 0 Å². The standard InChI is InChI=1S/2C30H33.2CH3.2ClH.H2Si.Zr/c2*1-2-16-30(17-7-3-4-8-18-30)22-23-19-26-12-9-13-28(29(26)20-23)27-15-14-24-10-5-6-11-25(24)21-27;;;;;;/h2*5-6,9-15,19-21H,2-4,7-8,16-18,22H2,1H3;2*1H3;2*1H;1H2;. The third-order valence-corrected chi connectivity index (χ3v) is 34.9. The van der Waals surface area contributed by atoms with Gasteiger partial charge in [-0.15, -0.1) is 24.8 Å². The van der Waals surface area contributed by atoms with Crippen LogP contribution >= 0.6 is 24.8 Å². The monoisotopic (exact) mass is 1010 g/mol. The van der Waals surface area contributed by atoms with E-state index in [1.165, 1.54) is 171 Å². The average molecular weight is 1010 g/mol. The molecule has 0 N–H and O–H groups in total.